The van der Waals surface area contributed by atoms with Crippen LogP contribution in [-0.4, -0.2) is 31.6 Å². The molecule has 0 fully saturated rings. The standard InChI is InChI=1S/C23H21N5O3S/c1-15-4-5-16(2)19(10-15)27-21(29)11-22-26-18(14-32-22)13-31-23(30)17-6-7-20(24-12-17)28-9-3-8-25-28/h3-10,12,14H,11,13H2,1-2H3,(H,27,29). The van der Waals surface area contributed by atoms with Crippen molar-refractivity contribution in [3.05, 3.63) is 87.8 Å². The lowest BCUT2D eigenvalue weighted by atomic mass is 10.1. The molecule has 0 bridgehead atoms. The van der Waals surface area contributed by atoms with Gasteiger partial charge >= 0.3 is 5.97 Å². The van der Waals surface area contributed by atoms with Crippen LogP contribution in [0.1, 0.15) is 32.2 Å². The zero-order valence-corrected chi connectivity index (χ0v) is 18.4. The molecule has 4 aromatic rings. The monoisotopic (exact) mass is 447 g/mol. The minimum atomic E-state index is -0.494. The van der Waals surface area contributed by atoms with Gasteiger partial charge in [0.1, 0.15) is 11.6 Å². The molecule has 1 amide bonds. The van der Waals surface area contributed by atoms with Gasteiger partial charge in [-0.05, 0) is 49.2 Å². The average molecular weight is 448 g/mol. The topological polar surface area (TPSA) is 99.0 Å². The fraction of sp³-hybridized carbons (Fsp3) is 0.174. The summed E-state index contributed by atoms with van der Waals surface area (Å²) in [6.07, 6.45) is 5.02. The molecule has 32 heavy (non-hydrogen) atoms. The van der Waals surface area contributed by atoms with Crippen LogP contribution >= 0.6 is 11.3 Å². The van der Waals surface area contributed by atoms with Crippen molar-refractivity contribution >= 4 is 28.9 Å². The van der Waals surface area contributed by atoms with Gasteiger partial charge in [-0.2, -0.15) is 5.10 Å². The van der Waals surface area contributed by atoms with Crippen molar-refractivity contribution in [3.63, 3.8) is 0 Å². The van der Waals surface area contributed by atoms with Crippen LogP contribution in [0.2, 0.25) is 0 Å². The molecule has 0 radical (unpaired) electrons. The van der Waals surface area contributed by atoms with Crippen LogP contribution in [0.4, 0.5) is 5.69 Å². The van der Waals surface area contributed by atoms with E-state index < -0.39 is 5.97 Å². The first-order chi connectivity index (χ1) is 15.5. The highest BCUT2D eigenvalue weighted by molar-refractivity contribution is 7.09. The number of anilines is 1. The van der Waals surface area contributed by atoms with Gasteiger partial charge in [0, 0.05) is 29.7 Å². The van der Waals surface area contributed by atoms with Crippen LogP contribution < -0.4 is 5.32 Å². The second-order valence-corrected chi connectivity index (χ2v) is 8.15. The normalized spacial score (nSPS) is 10.7. The summed E-state index contributed by atoms with van der Waals surface area (Å²) in [6.45, 7) is 3.95. The first-order valence-electron chi connectivity index (χ1n) is 9.91. The number of rotatable bonds is 7. The van der Waals surface area contributed by atoms with Crippen molar-refractivity contribution in [3.8, 4) is 5.82 Å². The van der Waals surface area contributed by atoms with E-state index in [0.29, 0.717) is 22.1 Å². The number of carbonyl (C=O) groups excluding carboxylic acids is 2. The molecule has 0 saturated carbocycles. The summed E-state index contributed by atoms with van der Waals surface area (Å²) in [5.74, 6) is -0.0264. The van der Waals surface area contributed by atoms with Gasteiger partial charge in [-0.15, -0.1) is 11.3 Å². The van der Waals surface area contributed by atoms with Crippen molar-refractivity contribution < 1.29 is 14.3 Å². The Balaban J connectivity index is 1.29. The number of hydrogen-bond acceptors (Lipinski definition) is 7. The van der Waals surface area contributed by atoms with E-state index >= 15 is 0 Å². The molecule has 1 N–H and O–H groups in total. The molecule has 0 aliphatic carbocycles. The number of pyridine rings is 1. The molecule has 9 heteroatoms. The molecule has 0 unspecified atom stereocenters. The molecule has 0 atom stereocenters. The van der Waals surface area contributed by atoms with Gasteiger partial charge in [0.05, 0.1) is 17.7 Å². The van der Waals surface area contributed by atoms with Gasteiger partial charge < -0.3 is 10.1 Å². The molecule has 0 saturated heterocycles. The maximum Gasteiger partial charge on any atom is 0.340 e. The second kappa shape index (κ2) is 9.52. The van der Waals surface area contributed by atoms with E-state index in [1.54, 1.807) is 40.7 Å². The maximum atomic E-state index is 12.4. The van der Waals surface area contributed by atoms with Gasteiger partial charge in [-0.1, -0.05) is 12.1 Å². The number of nitrogens with zero attached hydrogens (tertiary/aromatic N) is 4. The minimum Gasteiger partial charge on any atom is -0.456 e. The van der Waals surface area contributed by atoms with Crippen molar-refractivity contribution in [2.24, 2.45) is 0 Å². The first-order valence-corrected chi connectivity index (χ1v) is 10.8. The average Bonchev–Trinajstić information content (AvgIpc) is 3.47. The Labute approximate surface area is 188 Å². The van der Waals surface area contributed by atoms with Gasteiger partial charge in [-0.25, -0.2) is 19.4 Å². The number of thiazole rings is 1. The molecule has 0 aliphatic heterocycles. The Bertz CT molecular complexity index is 1230. The van der Waals surface area contributed by atoms with E-state index in [2.05, 4.69) is 20.4 Å². The Morgan fingerprint density at radius 1 is 1.19 bits per heavy atom. The van der Waals surface area contributed by atoms with E-state index in [9.17, 15) is 9.59 Å². The lowest BCUT2D eigenvalue weighted by molar-refractivity contribution is -0.115. The molecule has 0 spiro atoms. The zero-order valence-electron chi connectivity index (χ0n) is 17.6. The fourth-order valence-electron chi connectivity index (χ4n) is 2.97. The first kappa shape index (κ1) is 21.4. The van der Waals surface area contributed by atoms with Crippen molar-refractivity contribution in [2.45, 2.75) is 26.9 Å². The third kappa shape index (κ3) is 5.25. The van der Waals surface area contributed by atoms with Gasteiger partial charge in [-0.3, -0.25) is 4.79 Å². The fourth-order valence-corrected chi connectivity index (χ4v) is 3.75. The van der Waals surface area contributed by atoms with Crippen LogP contribution in [-0.2, 0) is 22.6 Å². The highest BCUT2D eigenvalue weighted by atomic mass is 32.1. The summed E-state index contributed by atoms with van der Waals surface area (Å²) in [4.78, 5) is 33.3. The predicted octanol–water partition coefficient (Wildman–Crippen LogP) is 3.88. The Morgan fingerprint density at radius 2 is 2.06 bits per heavy atom. The summed E-state index contributed by atoms with van der Waals surface area (Å²) < 4.78 is 6.93. The van der Waals surface area contributed by atoms with Crippen LogP contribution in [0.3, 0.4) is 0 Å². The largest absolute Gasteiger partial charge is 0.456 e. The maximum absolute atomic E-state index is 12.4. The van der Waals surface area contributed by atoms with Crippen molar-refractivity contribution in [2.75, 3.05) is 5.32 Å². The third-order valence-electron chi connectivity index (χ3n) is 4.65. The smallest absolute Gasteiger partial charge is 0.340 e. The quantitative estimate of drug-likeness (QED) is 0.432. The zero-order chi connectivity index (χ0) is 22.5. The molecule has 0 aliphatic rings. The lowest BCUT2D eigenvalue weighted by Crippen LogP contribution is -2.15. The molecule has 3 heterocycles. The third-order valence-corrected chi connectivity index (χ3v) is 5.55. The summed E-state index contributed by atoms with van der Waals surface area (Å²) in [5, 5.41) is 9.46. The van der Waals surface area contributed by atoms with E-state index in [-0.39, 0.29) is 18.9 Å². The number of aromatic nitrogens is 4. The van der Waals surface area contributed by atoms with Crippen LogP contribution in [0.5, 0.6) is 0 Å². The van der Waals surface area contributed by atoms with E-state index in [4.69, 9.17) is 4.74 Å². The summed E-state index contributed by atoms with van der Waals surface area (Å²) in [7, 11) is 0. The van der Waals surface area contributed by atoms with Crippen molar-refractivity contribution in [1.82, 2.24) is 19.7 Å². The number of esters is 1. The highest BCUT2D eigenvalue weighted by Crippen LogP contribution is 2.18. The number of aryl methyl sites for hydroxylation is 2. The van der Waals surface area contributed by atoms with Gasteiger partial charge in [0.15, 0.2) is 5.82 Å². The number of benzene rings is 1. The highest BCUT2D eigenvalue weighted by Gasteiger charge is 2.13. The number of nitrogens with one attached hydrogen (secondary N) is 1. The van der Waals surface area contributed by atoms with E-state index in [0.717, 1.165) is 16.8 Å². The van der Waals surface area contributed by atoms with E-state index in [1.165, 1.54) is 17.5 Å². The van der Waals surface area contributed by atoms with Gasteiger partial charge in [0.2, 0.25) is 5.91 Å². The predicted molar refractivity (Wildman–Crippen MR) is 121 cm³/mol. The van der Waals surface area contributed by atoms with Crippen LogP contribution in [0.15, 0.2) is 60.4 Å². The van der Waals surface area contributed by atoms with Crippen LogP contribution in [0, 0.1) is 13.8 Å². The molecular formula is C23H21N5O3S. The SMILES string of the molecule is Cc1ccc(C)c(NC(=O)Cc2nc(COC(=O)c3ccc(-n4cccn4)nc3)cs2)c1. The Morgan fingerprint density at radius 3 is 2.81 bits per heavy atom. The molecule has 8 nitrogen and oxygen atoms in total. The number of carbonyl (C=O) groups is 2. The molecule has 162 valence electrons. The van der Waals surface area contributed by atoms with Crippen LogP contribution in [0.25, 0.3) is 5.82 Å². The summed E-state index contributed by atoms with van der Waals surface area (Å²) in [6, 6.07) is 11.0. The number of amides is 1. The molecule has 4 rings (SSSR count). The summed E-state index contributed by atoms with van der Waals surface area (Å²) in [5.41, 5.74) is 3.81. The van der Waals surface area contributed by atoms with Crippen molar-refractivity contribution in [1.29, 1.82) is 0 Å². The molecule has 3 aromatic heterocycles. The lowest BCUT2D eigenvalue weighted by Gasteiger charge is -2.08. The van der Waals surface area contributed by atoms with Gasteiger partial charge in [0.25, 0.3) is 0 Å². The number of hydrogen-bond donors (Lipinski definition) is 1. The van der Waals surface area contributed by atoms with E-state index in [1.807, 2.05) is 32.0 Å². The second-order valence-electron chi connectivity index (χ2n) is 7.21. The Kier molecular flexibility index (Phi) is 6.37. The number of ether oxygens (including phenoxy) is 1. The molecule has 1 aromatic carbocycles. The minimum absolute atomic E-state index is 0.0227. The molecular weight excluding hydrogens is 426 g/mol. The Hall–Kier alpha value is -3.85. The summed E-state index contributed by atoms with van der Waals surface area (Å²) >= 11 is 1.36.